The van der Waals surface area contributed by atoms with E-state index in [4.69, 9.17) is 4.74 Å². The van der Waals surface area contributed by atoms with Gasteiger partial charge in [0, 0.05) is 22.8 Å². The lowest BCUT2D eigenvalue weighted by atomic mass is 10.2. The molecule has 106 valence electrons. The van der Waals surface area contributed by atoms with Gasteiger partial charge in [-0.25, -0.2) is 0 Å². The van der Waals surface area contributed by atoms with E-state index in [1.165, 1.54) is 0 Å². The fraction of sp³-hybridized carbons (Fsp3) is 0.267. The molecule has 0 amide bonds. The maximum Gasteiger partial charge on any atom is 0.252 e. The molecule has 0 atom stereocenters. The van der Waals surface area contributed by atoms with Gasteiger partial charge in [-0.15, -0.1) is 0 Å². The highest BCUT2D eigenvalue weighted by Crippen LogP contribution is 2.29. The van der Waals surface area contributed by atoms with Crippen LogP contribution in [0.1, 0.15) is 19.4 Å². The van der Waals surface area contributed by atoms with Crippen molar-refractivity contribution in [3.8, 4) is 5.75 Å². The third kappa shape index (κ3) is 3.87. The molecule has 0 radical (unpaired) electrons. The van der Waals surface area contributed by atoms with Crippen molar-refractivity contribution < 1.29 is 4.74 Å². The van der Waals surface area contributed by atoms with Gasteiger partial charge in [-0.3, -0.25) is 4.79 Å². The highest BCUT2D eigenvalue weighted by atomic mass is 79.9. The van der Waals surface area contributed by atoms with Crippen molar-refractivity contribution in [1.82, 2.24) is 4.98 Å². The molecule has 0 aliphatic rings. The normalized spacial score (nSPS) is 10.6. The predicted octanol–water partition coefficient (Wildman–Crippen LogP) is 3.54. The van der Waals surface area contributed by atoms with Crippen molar-refractivity contribution in [1.29, 1.82) is 0 Å². The molecule has 0 aliphatic carbocycles. The molecule has 2 N–H and O–H groups in total. The topological polar surface area (TPSA) is 54.1 Å². The Bertz CT molecular complexity index is 638. The van der Waals surface area contributed by atoms with Crippen LogP contribution in [-0.2, 0) is 6.54 Å². The van der Waals surface area contributed by atoms with Gasteiger partial charge in [0.2, 0.25) is 0 Å². The molecular weight excluding hydrogens is 320 g/mol. The van der Waals surface area contributed by atoms with Crippen molar-refractivity contribution >= 4 is 21.6 Å². The summed E-state index contributed by atoms with van der Waals surface area (Å²) in [6, 6.07) is 9.38. The van der Waals surface area contributed by atoms with E-state index >= 15 is 0 Å². The minimum Gasteiger partial charge on any atom is -0.489 e. The molecule has 0 unspecified atom stereocenters. The average molecular weight is 337 g/mol. The second-order valence-corrected chi connectivity index (χ2v) is 5.60. The molecule has 0 fully saturated rings. The zero-order valence-electron chi connectivity index (χ0n) is 11.4. The van der Waals surface area contributed by atoms with Gasteiger partial charge in [0.15, 0.2) is 0 Å². The Kier molecular flexibility index (Phi) is 4.84. The summed E-state index contributed by atoms with van der Waals surface area (Å²) in [6.45, 7) is 4.41. The van der Waals surface area contributed by atoms with Crippen LogP contribution < -0.4 is 15.6 Å². The fourth-order valence-electron chi connectivity index (χ4n) is 1.78. The summed E-state index contributed by atoms with van der Waals surface area (Å²) >= 11 is 3.44. The summed E-state index contributed by atoms with van der Waals surface area (Å²) in [7, 11) is 0. The van der Waals surface area contributed by atoms with Crippen molar-refractivity contribution in [2.24, 2.45) is 0 Å². The van der Waals surface area contributed by atoms with E-state index < -0.39 is 0 Å². The SMILES string of the molecule is CC(C)Oc1ccc(Br)cc1NCc1ccc[nH]c1=O. The lowest BCUT2D eigenvalue weighted by molar-refractivity contribution is 0.243. The molecule has 0 saturated carbocycles. The number of anilines is 1. The first-order valence-electron chi connectivity index (χ1n) is 6.43. The maximum absolute atomic E-state index is 11.6. The van der Waals surface area contributed by atoms with Gasteiger partial charge >= 0.3 is 0 Å². The molecule has 0 bridgehead atoms. The second kappa shape index (κ2) is 6.61. The molecule has 5 heteroatoms. The van der Waals surface area contributed by atoms with Gasteiger partial charge in [-0.1, -0.05) is 22.0 Å². The number of ether oxygens (including phenoxy) is 1. The van der Waals surface area contributed by atoms with Crippen molar-refractivity contribution in [3.05, 3.63) is 56.9 Å². The molecule has 2 aromatic rings. The lowest BCUT2D eigenvalue weighted by Gasteiger charge is -2.15. The highest BCUT2D eigenvalue weighted by molar-refractivity contribution is 9.10. The van der Waals surface area contributed by atoms with Crippen LogP contribution in [0.25, 0.3) is 0 Å². The molecule has 1 heterocycles. The van der Waals surface area contributed by atoms with Crippen LogP contribution in [0.15, 0.2) is 45.8 Å². The smallest absolute Gasteiger partial charge is 0.252 e. The number of pyridine rings is 1. The van der Waals surface area contributed by atoms with Crippen LogP contribution in [0.4, 0.5) is 5.69 Å². The second-order valence-electron chi connectivity index (χ2n) is 4.69. The highest BCUT2D eigenvalue weighted by Gasteiger charge is 2.07. The van der Waals surface area contributed by atoms with Crippen LogP contribution in [0, 0.1) is 0 Å². The Balaban J connectivity index is 2.18. The molecule has 4 nitrogen and oxygen atoms in total. The molecule has 20 heavy (non-hydrogen) atoms. The fourth-order valence-corrected chi connectivity index (χ4v) is 2.14. The first-order chi connectivity index (χ1) is 9.56. The van der Waals surface area contributed by atoms with E-state index in [1.807, 2.05) is 38.1 Å². The number of aromatic amines is 1. The van der Waals surface area contributed by atoms with E-state index in [9.17, 15) is 4.79 Å². The van der Waals surface area contributed by atoms with Gasteiger partial charge in [-0.2, -0.15) is 0 Å². The summed E-state index contributed by atoms with van der Waals surface area (Å²) in [5.74, 6) is 0.774. The van der Waals surface area contributed by atoms with E-state index in [1.54, 1.807) is 12.3 Å². The summed E-state index contributed by atoms with van der Waals surface area (Å²) in [5, 5.41) is 3.24. The average Bonchev–Trinajstić information content (AvgIpc) is 2.40. The molecule has 1 aromatic carbocycles. The Morgan fingerprint density at radius 1 is 1.35 bits per heavy atom. The van der Waals surface area contributed by atoms with E-state index in [2.05, 4.69) is 26.2 Å². The molecular formula is C15H17BrN2O2. The zero-order chi connectivity index (χ0) is 14.5. The van der Waals surface area contributed by atoms with Crippen LogP contribution in [0.2, 0.25) is 0 Å². The third-order valence-electron chi connectivity index (χ3n) is 2.67. The monoisotopic (exact) mass is 336 g/mol. The lowest BCUT2D eigenvalue weighted by Crippen LogP contribution is -2.15. The number of rotatable bonds is 5. The molecule has 2 rings (SSSR count). The van der Waals surface area contributed by atoms with E-state index in [0.717, 1.165) is 15.9 Å². The van der Waals surface area contributed by atoms with Gasteiger partial charge in [-0.05, 0) is 38.1 Å². The summed E-state index contributed by atoms with van der Waals surface area (Å²) in [5.41, 5.74) is 1.46. The molecule has 0 saturated heterocycles. The number of aromatic nitrogens is 1. The minimum absolute atomic E-state index is 0.0821. The Morgan fingerprint density at radius 2 is 2.15 bits per heavy atom. The standard InChI is InChI=1S/C15H17BrN2O2/c1-10(2)20-14-6-5-12(16)8-13(14)18-9-11-4-3-7-17-15(11)19/h3-8,10,18H,9H2,1-2H3,(H,17,19). The number of benzene rings is 1. The Hall–Kier alpha value is -1.75. The van der Waals surface area contributed by atoms with Crippen LogP contribution in [-0.4, -0.2) is 11.1 Å². The van der Waals surface area contributed by atoms with Crippen LogP contribution in [0.5, 0.6) is 5.75 Å². The van der Waals surface area contributed by atoms with Crippen LogP contribution in [0.3, 0.4) is 0 Å². The van der Waals surface area contributed by atoms with Crippen molar-refractivity contribution in [3.63, 3.8) is 0 Å². The Morgan fingerprint density at radius 3 is 2.85 bits per heavy atom. The van der Waals surface area contributed by atoms with E-state index in [-0.39, 0.29) is 11.7 Å². The number of hydrogen-bond donors (Lipinski definition) is 2. The molecule has 0 spiro atoms. The number of hydrogen-bond acceptors (Lipinski definition) is 3. The van der Waals surface area contributed by atoms with Gasteiger partial charge in [0.25, 0.3) is 5.56 Å². The first kappa shape index (κ1) is 14.7. The summed E-state index contributed by atoms with van der Waals surface area (Å²) in [4.78, 5) is 14.3. The molecule has 1 aromatic heterocycles. The quantitative estimate of drug-likeness (QED) is 0.878. The minimum atomic E-state index is -0.0821. The summed E-state index contributed by atoms with van der Waals surface area (Å²) in [6.07, 6.45) is 1.72. The number of nitrogens with one attached hydrogen (secondary N) is 2. The first-order valence-corrected chi connectivity index (χ1v) is 7.22. The largest absolute Gasteiger partial charge is 0.489 e. The third-order valence-corrected chi connectivity index (χ3v) is 3.17. The number of H-pyrrole nitrogens is 1. The number of halogens is 1. The predicted molar refractivity (Wildman–Crippen MR) is 84.3 cm³/mol. The zero-order valence-corrected chi connectivity index (χ0v) is 13.0. The van der Waals surface area contributed by atoms with Crippen molar-refractivity contribution in [2.45, 2.75) is 26.5 Å². The molecule has 0 aliphatic heterocycles. The Labute approximate surface area is 126 Å². The van der Waals surface area contributed by atoms with Gasteiger partial charge < -0.3 is 15.0 Å². The maximum atomic E-state index is 11.6. The van der Waals surface area contributed by atoms with Gasteiger partial charge in [0.05, 0.1) is 11.8 Å². The van der Waals surface area contributed by atoms with Crippen molar-refractivity contribution in [2.75, 3.05) is 5.32 Å². The van der Waals surface area contributed by atoms with E-state index in [0.29, 0.717) is 12.1 Å². The van der Waals surface area contributed by atoms with Gasteiger partial charge in [0.1, 0.15) is 5.75 Å². The summed E-state index contributed by atoms with van der Waals surface area (Å²) < 4.78 is 6.71. The van der Waals surface area contributed by atoms with Crippen LogP contribution >= 0.6 is 15.9 Å².